The molecule has 0 radical (unpaired) electrons. The lowest BCUT2D eigenvalue weighted by Crippen LogP contribution is -1.97. The molecule has 0 aliphatic rings. The van der Waals surface area contributed by atoms with Gasteiger partial charge in [0.25, 0.3) is 0 Å². The van der Waals surface area contributed by atoms with Gasteiger partial charge in [0, 0.05) is 18.9 Å². The summed E-state index contributed by atoms with van der Waals surface area (Å²) in [6, 6.07) is 10.2. The molecule has 86 valence electrons. The van der Waals surface area contributed by atoms with Crippen LogP contribution in [0.2, 0.25) is 0 Å². The Morgan fingerprint density at radius 3 is 2.24 bits per heavy atom. The van der Waals surface area contributed by atoms with Crippen molar-refractivity contribution >= 4 is 5.57 Å². The fourth-order valence-corrected chi connectivity index (χ4v) is 1.68. The van der Waals surface area contributed by atoms with Crippen LogP contribution in [0.5, 0.6) is 0 Å². The molecule has 1 heterocycles. The van der Waals surface area contributed by atoms with Crippen LogP contribution in [0.1, 0.15) is 11.1 Å². The first kappa shape index (κ1) is 11.5. The van der Waals surface area contributed by atoms with Crippen LogP contribution in [0.25, 0.3) is 5.57 Å². The molecule has 0 aliphatic carbocycles. The van der Waals surface area contributed by atoms with Crippen LogP contribution in [0, 0.1) is 5.82 Å². The molecule has 0 saturated heterocycles. The van der Waals surface area contributed by atoms with E-state index < -0.39 is 0 Å². The highest BCUT2D eigenvalue weighted by molar-refractivity contribution is 5.79. The minimum absolute atomic E-state index is 0.240. The summed E-state index contributed by atoms with van der Waals surface area (Å²) in [5.41, 5.74) is 8.54. The topological polar surface area (TPSA) is 38.9 Å². The third kappa shape index (κ3) is 2.77. The highest BCUT2D eigenvalue weighted by atomic mass is 19.1. The van der Waals surface area contributed by atoms with Gasteiger partial charge in [0.05, 0.1) is 0 Å². The lowest BCUT2D eigenvalue weighted by atomic mass is 9.98. The number of nitrogens with zero attached hydrogens (tertiary/aromatic N) is 1. The molecule has 2 nitrogen and oxygen atoms in total. The molecule has 0 aliphatic heterocycles. The molecule has 0 amide bonds. The van der Waals surface area contributed by atoms with Gasteiger partial charge in [0.2, 0.25) is 0 Å². The predicted molar refractivity (Wildman–Crippen MR) is 66.8 cm³/mol. The van der Waals surface area contributed by atoms with Gasteiger partial charge in [-0.2, -0.15) is 0 Å². The summed E-state index contributed by atoms with van der Waals surface area (Å²) in [5.74, 6) is -0.240. The summed E-state index contributed by atoms with van der Waals surface area (Å²) >= 11 is 0. The van der Waals surface area contributed by atoms with Gasteiger partial charge in [-0.15, -0.1) is 0 Å². The highest BCUT2D eigenvalue weighted by Crippen LogP contribution is 2.22. The van der Waals surface area contributed by atoms with E-state index in [2.05, 4.69) is 4.98 Å². The Bertz CT molecular complexity index is 504. The second-order valence-corrected chi connectivity index (χ2v) is 3.60. The van der Waals surface area contributed by atoms with Gasteiger partial charge in [-0.1, -0.05) is 18.2 Å². The molecule has 0 spiro atoms. The smallest absolute Gasteiger partial charge is 0.123 e. The van der Waals surface area contributed by atoms with E-state index in [-0.39, 0.29) is 5.82 Å². The zero-order valence-electron chi connectivity index (χ0n) is 9.31. The first-order valence-corrected chi connectivity index (χ1v) is 5.38. The van der Waals surface area contributed by atoms with Gasteiger partial charge < -0.3 is 5.73 Å². The van der Waals surface area contributed by atoms with Crippen molar-refractivity contribution in [3.05, 3.63) is 71.8 Å². The zero-order valence-corrected chi connectivity index (χ0v) is 9.31. The van der Waals surface area contributed by atoms with E-state index in [1.54, 1.807) is 24.5 Å². The van der Waals surface area contributed by atoms with Gasteiger partial charge in [0.15, 0.2) is 0 Å². The minimum Gasteiger partial charge on any atom is -0.327 e. The van der Waals surface area contributed by atoms with Crippen LogP contribution >= 0.6 is 0 Å². The molecule has 3 heteroatoms. The van der Waals surface area contributed by atoms with Crippen molar-refractivity contribution in [1.29, 1.82) is 0 Å². The van der Waals surface area contributed by atoms with Crippen molar-refractivity contribution in [2.45, 2.75) is 0 Å². The molecule has 2 rings (SSSR count). The number of pyridine rings is 1. The molecule has 17 heavy (non-hydrogen) atoms. The number of nitrogens with two attached hydrogens (primary N) is 1. The molecule has 0 fully saturated rings. The van der Waals surface area contributed by atoms with Gasteiger partial charge in [-0.05, 0) is 41.0 Å². The summed E-state index contributed by atoms with van der Waals surface area (Å²) in [5, 5.41) is 0. The second kappa shape index (κ2) is 5.37. The number of rotatable bonds is 3. The van der Waals surface area contributed by atoms with Crippen LogP contribution in [-0.2, 0) is 0 Å². The third-order valence-corrected chi connectivity index (χ3v) is 2.47. The number of benzene rings is 1. The maximum Gasteiger partial charge on any atom is 0.123 e. The number of hydrogen-bond donors (Lipinski definition) is 1. The maximum atomic E-state index is 12.9. The van der Waals surface area contributed by atoms with Gasteiger partial charge in [0.1, 0.15) is 5.82 Å². The van der Waals surface area contributed by atoms with Crippen molar-refractivity contribution in [3.8, 4) is 0 Å². The Morgan fingerprint density at radius 2 is 1.65 bits per heavy atom. The van der Waals surface area contributed by atoms with Crippen LogP contribution in [-0.4, -0.2) is 11.5 Å². The van der Waals surface area contributed by atoms with Crippen molar-refractivity contribution in [2.75, 3.05) is 6.54 Å². The van der Waals surface area contributed by atoms with Gasteiger partial charge in [-0.25, -0.2) is 4.39 Å². The molecule has 0 saturated carbocycles. The molecule has 1 aromatic carbocycles. The first-order valence-electron chi connectivity index (χ1n) is 5.38. The Balaban J connectivity index is 2.44. The summed E-state index contributed by atoms with van der Waals surface area (Å²) in [4.78, 5) is 3.98. The Morgan fingerprint density at radius 1 is 1.06 bits per heavy atom. The van der Waals surface area contributed by atoms with Crippen LogP contribution in [0.3, 0.4) is 0 Å². The van der Waals surface area contributed by atoms with E-state index in [9.17, 15) is 4.39 Å². The van der Waals surface area contributed by atoms with Gasteiger partial charge in [-0.3, -0.25) is 4.98 Å². The molecule has 2 N–H and O–H groups in total. The Kier molecular flexibility index (Phi) is 3.62. The van der Waals surface area contributed by atoms with E-state index in [0.29, 0.717) is 6.54 Å². The predicted octanol–water partition coefficient (Wildman–Crippen LogP) is 2.61. The summed E-state index contributed by atoms with van der Waals surface area (Å²) in [6.07, 6.45) is 5.37. The average molecular weight is 228 g/mol. The van der Waals surface area contributed by atoms with E-state index in [1.165, 1.54) is 12.1 Å². The Labute approximate surface area is 99.6 Å². The molecule has 0 atom stereocenters. The monoisotopic (exact) mass is 228 g/mol. The SMILES string of the molecule is NCC=C(c1ccncc1)c1ccc(F)cc1. The minimum atomic E-state index is -0.240. The fraction of sp³-hybridized carbons (Fsp3) is 0.0714. The molecule has 0 bridgehead atoms. The average Bonchev–Trinajstić information content (AvgIpc) is 2.38. The number of hydrogen-bond acceptors (Lipinski definition) is 2. The van der Waals surface area contributed by atoms with Crippen molar-refractivity contribution in [1.82, 2.24) is 4.98 Å². The quantitative estimate of drug-likeness (QED) is 0.877. The normalized spacial score (nSPS) is 11.5. The highest BCUT2D eigenvalue weighted by Gasteiger charge is 2.04. The lowest BCUT2D eigenvalue weighted by molar-refractivity contribution is 0.627. The Hall–Kier alpha value is -2.00. The zero-order chi connectivity index (χ0) is 12.1. The van der Waals surface area contributed by atoms with Crippen LogP contribution in [0.4, 0.5) is 4.39 Å². The van der Waals surface area contributed by atoms with E-state index in [4.69, 9.17) is 5.73 Å². The summed E-state index contributed by atoms with van der Waals surface area (Å²) in [7, 11) is 0. The standard InChI is InChI=1S/C14H13FN2/c15-13-3-1-11(2-4-13)14(5-8-16)12-6-9-17-10-7-12/h1-7,9-10H,8,16H2. The molecule has 2 aromatic rings. The maximum absolute atomic E-state index is 12.9. The fourth-order valence-electron chi connectivity index (χ4n) is 1.68. The number of aromatic nitrogens is 1. The molecule has 1 aromatic heterocycles. The summed E-state index contributed by atoms with van der Waals surface area (Å²) < 4.78 is 12.9. The van der Waals surface area contributed by atoms with Crippen molar-refractivity contribution < 1.29 is 4.39 Å². The van der Waals surface area contributed by atoms with E-state index in [0.717, 1.165) is 16.7 Å². The molecule has 0 unspecified atom stereocenters. The largest absolute Gasteiger partial charge is 0.327 e. The van der Waals surface area contributed by atoms with Gasteiger partial charge >= 0.3 is 0 Å². The lowest BCUT2D eigenvalue weighted by Gasteiger charge is -2.07. The number of halogens is 1. The molecular formula is C14H13FN2. The first-order chi connectivity index (χ1) is 8.31. The van der Waals surface area contributed by atoms with Crippen molar-refractivity contribution in [3.63, 3.8) is 0 Å². The second-order valence-electron chi connectivity index (χ2n) is 3.60. The van der Waals surface area contributed by atoms with E-state index in [1.807, 2.05) is 18.2 Å². The van der Waals surface area contributed by atoms with E-state index >= 15 is 0 Å². The molecular weight excluding hydrogens is 215 g/mol. The van der Waals surface area contributed by atoms with Crippen molar-refractivity contribution in [2.24, 2.45) is 5.73 Å². The van der Waals surface area contributed by atoms with Crippen LogP contribution < -0.4 is 5.73 Å². The third-order valence-electron chi connectivity index (χ3n) is 2.47. The van der Waals surface area contributed by atoms with Crippen LogP contribution in [0.15, 0.2) is 54.9 Å². The summed E-state index contributed by atoms with van der Waals surface area (Å²) in [6.45, 7) is 0.440.